The van der Waals surface area contributed by atoms with Crippen LogP contribution in [0.15, 0.2) is 30.3 Å². The average molecular weight is 279 g/mol. The summed E-state index contributed by atoms with van der Waals surface area (Å²) in [5.41, 5.74) is 0.709. The molecule has 0 spiro atoms. The van der Waals surface area contributed by atoms with Gasteiger partial charge < -0.3 is 4.74 Å². The molecule has 1 N–H and O–H groups in total. The predicted octanol–water partition coefficient (Wildman–Crippen LogP) is 2.60. The van der Waals surface area contributed by atoms with Crippen LogP contribution in [0.5, 0.6) is 0 Å². The van der Waals surface area contributed by atoms with Gasteiger partial charge >= 0.3 is 5.97 Å². The molecule has 0 saturated heterocycles. The molecule has 0 aliphatic heterocycles. The van der Waals surface area contributed by atoms with Gasteiger partial charge in [-0.1, -0.05) is 30.3 Å². The number of carbonyl (C=O) groups excluding carboxylic acids is 1. The molecule has 0 bridgehead atoms. The zero-order valence-corrected chi connectivity index (χ0v) is 12.3. The van der Waals surface area contributed by atoms with E-state index in [2.05, 4.69) is 17.4 Å². The lowest BCUT2D eigenvalue weighted by atomic mass is 10.1. The third kappa shape index (κ3) is 4.25. The van der Waals surface area contributed by atoms with Crippen molar-refractivity contribution in [3.05, 3.63) is 35.9 Å². The van der Waals surface area contributed by atoms with Gasteiger partial charge in [-0.3, -0.25) is 10.1 Å². The SMILES string of the molecule is COC(=O)C(C)(CSCc1ccccc1)NC1CC1. The molecule has 1 aliphatic carbocycles. The van der Waals surface area contributed by atoms with Crippen LogP contribution in [0.2, 0.25) is 0 Å². The summed E-state index contributed by atoms with van der Waals surface area (Å²) in [6.45, 7) is 1.94. The third-order valence-corrected chi connectivity index (χ3v) is 4.56. The lowest BCUT2D eigenvalue weighted by molar-refractivity contribution is -0.147. The maximum absolute atomic E-state index is 11.9. The summed E-state index contributed by atoms with van der Waals surface area (Å²) in [5, 5.41) is 3.41. The van der Waals surface area contributed by atoms with Crippen molar-refractivity contribution >= 4 is 17.7 Å². The Hall–Kier alpha value is -1.00. The summed E-state index contributed by atoms with van der Waals surface area (Å²) in [7, 11) is 1.46. The topological polar surface area (TPSA) is 38.3 Å². The highest BCUT2D eigenvalue weighted by Crippen LogP contribution is 2.26. The van der Waals surface area contributed by atoms with Crippen molar-refractivity contribution in [2.24, 2.45) is 0 Å². The van der Waals surface area contributed by atoms with Gasteiger partial charge in [-0.05, 0) is 25.3 Å². The molecular formula is C15H21NO2S. The maximum Gasteiger partial charge on any atom is 0.326 e. The largest absolute Gasteiger partial charge is 0.468 e. The molecule has 0 radical (unpaired) electrons. The number of methoxy groups -OCH3 is 1. The van der Waals surface area contributed by atoms with Gasteiger partial charge in [0.15, 0.2) is 0 Å². The molecule has 0 aromatic heterocycles. The van der Waals surface area contributed by atoms with Gasteiger partial charge in [-0.2, -0.15) is 11.8 Å². The van der Waals surface area contributed by atoms with Gasteiger partial charge in [0.25, 0.3) is 0 Å². The van der Waals surface area contributed by atoms with Crippen LogP contribution in [0.25, 0.3) is 0 Å². The van der Waals surface area contributed by atoms with Gasteiger partial charge in [0.2, 0.25) is 0 Å². The number of hydrogen-bond acceptors (Lipinski definition) is 4. The van der Waals surface area contributed by atoms with Crippen molar-refractivity contribution in [1.29, 1.82) is 0 Å². The number of benzene rings is 1. The molecule has 1 saturated carbocycles. The van der Waals surface area contributed by atoms with E-state index < -0.39 is 5.54 Å². The first-order chi connectivity index (χ1) is 9.14. The molecule has 0 heterocycles. The molecule has 1 unspecified atom stereocenters. The molecular weight excluding hydrogens is 258 g/mol. The smallest absolute Gasteiger partial charge is 0.326 e. The molecule has 1 atom stereocenters. The monoisotopic (exact) mass is 279 g/mol. The van der Waals surface area contributed by atoms with E-state index in [9.17, 15) is 4.79 Å². The second-order valence-corrected chi connectivity index (χ2v) is 6.21. The maximum atomic E-state index is 11.9. The molecule has 1 aromatic carbocycles. The van der Waals surface area contributed by atoms with E-state index in [1.807, 2.05) is 25.1 Å². The fourth-order valence-electron chi connectivity index (χ4n) is 2.01. The number of ether oxygens (including phenoxy) is 1. The minimum absolute atomic E-state index is 0.167. The summed E-state index contributed by atoms with van der Waals surface area (Å²) in [5.74, 6) is 1.48. The number of carbonyl (C=O) groups is 1. The molecule has 19 heavy (non-hydrogen) atoms. The molecule has 0 amide bonds. The fourth-order valence-corrected chi connectivity index (χ4v) is 3.15. The second kappa shape index (κ2) is 6.44. The van der Waals surface area contributed by atoms with Crippen molar-refractivity contribution in [1.82, 2.24) is 5.32 Å². The van der Waals surface area contributed by atoms with Crippen LogP contribution in [0.1, 0.15) is 25.3 Å². The van der Waals surface area contributed by atoms with Crippen molar-refractivity contribution < 1.29 is 9.53 Å². The van der Waals surface area contributed by atoms with Gasteiger partial charge in [-0.25, -0.2) is 0 Å². The Balaban J connectivity index is 1.87. The number of esters is 1. The quantitative estimate of drug-likeness (QED) is 0.779. The van der Waals surface area contributed by atoms with Crippen LogP contribution in [0.3, 0.4) is 0 Å². The predicted molar refractivity (Wildman–Crippen MR) is 79.2 cm³/mol. The van der Waals surface area contributed by atoms with Crippen LogP contribution in [0, 0.1) is 0 Å². The summed E-state index contributed by atoms with van der Waals surface area (Å²) >= 11 is 1.76. The zero-order valence-electron chi connectivity index (χ0n) is 11.5. The van der Waals surface area contributed by atoms with Crippen LogP contribution in [-0.2, 0) is 15.3 Å². The Labute approximate surface area is 119 Å². The highest BCUT2D eigenvalue weighted by molar-refractivity contribution is 7.98. The summed E-state index contributed by atoms with van der Waals surface area (Å²) in [6, 6.07) is 10.8. The van der Waals surface area contributed by atoms with Crippen LogP contribution >= 0.6 is 11.8 Å². The van der Waals surface area contributed by atoms with E-state index in [0.29, 0.717) is 6.04 Å². The minimum atomic E-state index is -0.574. The van der Waals surface area contributed by atoms with Gasteiger partial charge in [0.05, 0.1) is 7.11 Å². The van der Waals surface area contributed by atoms with E-state index in [-0.39, 0.29) is 5.97 Å². The lowest BCUT2D eigenvalue weighted by Crippen LogP contribution is -2.53. The first-order valence-corrected chi connectivity index (χ1v) is 7.77. The van der Waals surface area contributed by atoms with Gasteiger partial charge in [0, 0.05) is 17.5 Å². The molecule has 1 fully saturated rings. The van der Waals surface area contributed by atoms with Crippen LogP contribution < -0.4 is 5.32 Å². The third-order valence-electron chi connectivity index (χ3n) is 3.24. The van der Waals surface area contributed by atoms with Crippen LogP contribution in [-0.4, -0.2) is 30.4 Å². The van der Waals surface area contributed by atoms with E-state index in [4.69, 9.17) is 4.74 Å². The van der Waals surface area contributed by atoms with Crippen molar-refractivity contribution in [2.75, 3.05) is 12.9 Å². The van der Waals surface area contributed by atoms with E-state index in [1.54, 1.807) is 11.8 Å². The Morgan fingerprint density at radius 3 is 2.68 bits per heavy atom. The van der Waals surface area contributed by atoms with Crippen molar-refractivity contribution in [3.63, 3.8) is 0 Å². The first-order valence-electron chi connectivity index (χ1n) is 6.62. The standard InChI is InChI=1S/C15H21NO2S/c1-15(14(17)18-2,16-13-8-9-13)11-19-10-12-6-4-3-5-7-12/h3-7,13,16H,8-11H2,1-2H3. The van der Waals surface area contributed by atoms with Crippen molar-refractivity contribution in [3.8, 4) is 0 Å². The van der Waals surface area contributed by atoms with E-state index >= 15 is 0 Å². The minimum Gasteiger partial charge on any atom is -0.468 e. The highest BCUT2D eigenvalue weighted by atomic mass is 32.2. The summed E-state index contributed by atoms with van der Waals surface area (Å²) < 4.78 is 4.93. The number of hydrogen-bond donors (Lipinski definition) is 1. The number of nitrogens with one attached hydrogen (secondary N) is 1. The molecule has 4 heteroatoms. The number of rotatable bonds is 7. The Kier molecular flexibility index (Phi) is 4.88. The summed E-state index contributed by atoms with van der Waals surface area (Å²) in [6.07, 6.45) is 2.33. The molecule has 2 rings (SSSR count). The van der Waals surface area contributed by atoms with Crippen LogP contribution in [0.4, 0.5) is 0 Å². The summed E-state index contributed by atoms with van der Waals surface area (Å²) in [4.78, 5) is 11.9. The lowest BCUT2D eigenvalue weighted by Gasteiger charge is -2.27. The Bertz CT molecular complexity index is 419. The first kappa shape index (κ1) is 14.4. The fraction of sp³-hybridized carbons (Fsp3) is 0.533. The molecule has 3 nitrogen and oxygen atoms in total. The second-order valence-electron chi connectivity index (χ2n) is 5.22. The molecule has 1 aliphatic rings. The molecule has 104 valence electrons. The van der Waals surface area contributed by atoms with Crippen molar-refractivity contribution in [2.45, 2.75) is 37.1 Å². The van der Waals surface area contributed by atoms with Gasteiger partial charge in [-0.15, -0.1) is 0 Å². The molecule has 1 aromatic rings. The normalized spacial score (nSPS) is 17.8. The Morgan fingerprint density at radius 1 is 1.42 bits per heavy atom. The van der Waals surface area contributed by atoms with Gasteiger partial charge in [0.1, 0.15) is 5.54 Å². The number of thioether (sulfide) groups is 1. The van der Waals surface area contributed by atoms with E-state index in [0.717, 1.165) is 24.3 Å². The zero-order chi connectivity index (χ0) is 13.7. The highest BCUT2D eigenvalue weighted by Gasteiger charge is 2.39. The average Bonchev–Trinajstić information content (AvgIpc) is 3.22. The Morgan fingerprint density at radius 2 is 2.11 bits per heavy atom. The van der Waals surface area contributed by atoms with E-state index in [1.165, 1.54) is 12.7 Å².